The molecular formula is C25H40N2O9. The molecule has 1 aliphatic heterocycles. The number of hydrogen-bond acceptors (Lipinski definition) is 9. The van der Waals surface area contributed by atoms with Crippen molar-refractivity contribution in [3.05, 3.63) is 29.3 Å². The number of carboxylic acids is 1. The van der Waals surface area contributed by atoms with Crippen molar-refractivity contribution < 1.29 is 43.9 Å². The summed E-state index contributed by atoms with van der Waals surface area (Å²) < 4.78 is 16.2. The predicted octanol–water partition coefficient (Wildman–Crippen LogP) is 1.57. The van der Waals surface area contributed by atoms with Gasteiger partial charge in [0.1, 0.15) is 18.5 Å². The van der Waals surface area contributed by atoms with Gasteiger partial charge in [-0.3, -0.25) is 9.59 Å². The first-order valence-corrected chi connectivity index (χ1v) is 12.3. The van der Waals surface area contributed by atoms with E-state index in [2.05, 4.69) is 5.32 Å². The number of nitrogens with one attached hydrogen (secondary N) is 1. The number of esters is 1. The molecule has 2 unspecified atom stereocenters. The van der Waals surface area contributed by atoms with E-state index in [0.29, 0.717) is 18.7 Å². The number of unbranched alkanes of at least 4 members (excludes halogenated alkanes) is 2. The van der Waals surface area contributed by atoms with Crippen molar-refractivity contribution in [3.63, 3.8) is 0 Å². The highest BCUT2D eigenvalue weighted by Gasteiger charge is 2.42. The lowest BCUT2D eigenvalue weighted by Crippen LogP contribution is -2.53. The van der Waals surface area contributed by atoms with E-state index >= 15 is 0 Å². The number of aliphatic hydroxyl groups is 2. The summed E-state index contributed by atoms with van der Waals surface area (Å²) in [5, 5.41) is 31.9. The largest absolute Gasteiger partial charge is 0.479 e. The highest BCUT2D eigenvalue weighted by Crippen LogP contribution is 2.27. The molecule has 0 aliphatic carbocycles. The molecule has 0 aromatic heterocycles. The zero-order valence-corrected chi connectivity index (χ0v) is 21.4. The van der Waals surface area contributed by atoms with Crippen molar-refractivity contribution in [2.75, 3.05) is 13.1 Å². The Balaban J connectivity index is 0.00000316. The summed E-state index contributed by atoms with van der Waals surface area (Å²) in [6.45, 7) is 8.37. The van der Waals surface area contributed by atoms with Gasteiger partial charge in [0.15, 0.2) is 6.10 Å². The molecule has 1 amide bonds. The van der Waals surface area contributed by atoms with Crippen LogP contribution in [0, 0.1) is 5.92 Å². The van der Waals surface area contributed by atoms with E-state index in [-0.39, 0.29) is 36.2 Å². The summed E-state index contributed by atoms with van der Waals surface area (Å²) in [7, 11) is 0. The number of nitrogens with two attached hydrogens (primary N) is 1. The van der Waals surface area contributed by atoms with E-state index < -0.39 is 36.5 Å². The summed E-state index contributed by atoms with van der Waals surface area (Å²) >= 11 is 0. The van der Waals surface area contributed by atoms with E-state index in [1.54, 1.807) is 19.9 Å². The molecule has 6 N–H and O–H groups in total. The lowest BCUT2D eigenvalue weighted by atomic mass is 10.0. The zero-order chi connectivity index (χ0) is 27.3. The molecule has 36 heavy (non-hydrogen) atoms. The lowest BCUT2D eigenvalue weighted by Gasteiger charge is -2.35. The van der Waals surface area contributed by atoms with Crippen LogP contribution < -0.4 is 15.8 Å². The zero-order valence-electron chi connectivity index (χ0n) is 21.4. The maximum absolute atomic E-state index is 12.9. The van der Waals surface area contributed by atoms with E-state index in [9.17, 15) is 29.7 Å². The Bertz CT molecular complexity index is 847. The van der Waals surface area contributed by atoms with Crippen LogP contribution in [0.5, 0.6) is 5.75 Å². The molecule has 11 nitrogen and oxygen atoms in total. The second kappa shape index (κ2) is 16.1. The normalized spacial score (nSPS) is 21.2. The third-order valence-corrected chi connectivity index (χ3v) is 5.25. The number of benzene rings is 1. The van der Waals surface area contributed by atoms with Crippen LogP contribution in [0.2, 0.25) is 0 Å². The van der Waals surface area contributed by atoms with Crippen LogP contribution in [0.1, 0.15) is 69.3 Å². The van der Waals surface area contributed by atoms with Gasteiger partial charge in [-0.15, -0.1) is 0 Å². The smallest absolute Gasteiger partial charge is 0.335 e. The molecule has 4 atom stereocenters. The molecular weight excluding hydrogens is 472 g/mol. The fourth-order valence-corrected chi connectivity index (χ4v) is 3.27. The molecule has 1 aliphatic rings. The predicted molar refractivity (Wildman–Crippen MR) is 131 cm³/mol. The molecule has 0 spiro atoms. The number of hydrogen-bond donors (Lipinski definition) is 5. The molecule has 1 saturated heterocycles. The van der Waals surface area contributed by atoms with Crippen LogP contribution >= 0.6 is 0 Å². The average molecular weight is 513 g/mol. The van der Waals surface area contributed by atoms with Gasteiger partial charge in [-0.05, 0) is 37.1 Å². The van der Waals surface area contributed by atoms with Crippen molar-refractivity contribution in [1.29, 1.82) is 0 Å². The van der Waals surface area contributed by atoms with Crippen molar-refractivity contribution >= 4 is 17.8 Å². The van der Waals surface area contributed by atoms with Crippen molar-refractivity contribution in [2.45, 2.75) is 84.6 Å². The van der Waals surface area contributed by atoms with E-state index in [4.69, 9.17) is 19.9 Å². The van der Waals surface area contributed by atoms with Crippen LogP contribution in [0.15, 0.2) is 18.2 Å². The second-order valence-electron chi connectivity index (χ2n) is 8.43. The van der Waals surface area contributed by atoms with Crippen molar-refractivity contribution in [2.24, 2.45) is 11.7 Å². The van der Waals surface area contributed by atoms with Crippen molar-refractivity contribution in [3.8, 4) is 5.75 Å². The monoisotopic (exact) mass is 512 g/mol. The molecule has 1 aromatic rings. The number of aliphatic carboxylic acids is 1. The Morgan fingerprint density at radius 1 is 1.17 bits per heavy atom. The quantitative estimate of drug-likeness (QED) is 0.204. The molecule has 204 valence electrons. The number of carboxylic acid groups (broad SMARTS) is 1. The standard InChI is InChI=1S/C23H34N2O9.C2H6/c1-13(2)23(31)32-12-14-6-7-17(15(10-14)21(28)25-9-5-3-4-8-24)33-18-11-16(26)19(27)20(34-18)22(29)30;1-2/h6-7,10,13,16,18-20,26-27H,3-5,8-9,11-12,24H2,1-2H3,(H,25,28)(H,29,30);1-2H3/t16?,18-,19-,20?;/m0./s1. The van der Waals surface area contributed by atoms with E-state index in [1.807, 2.05) is 13.8 Å². The molecule has 1 fully saturated rings. The summed E-state index contributed by atoms with van der Waals surface area (Å²) in [6.07, 6.45) is -3.62. The fourth-order valence-electron chi connectivity index (χ4n) is 3.27. The van der Waals surface area contributed by atoms with Gasteiger partial charge in [-0.25, -0.2) is 4.79 Å². The number of aliphatic hydroxyl groups excluding tert-OH is 2. The minimum Gasteiger partial charge on any atom is -0.479 e. The van der Waals surface area contributed by atoms with Gasteiger partial charge < -0.3 is 40.6 Å². The molecule has 0 radical (unpaired) electrons. The minimum absolute atomic E-state index is 0.0417. The average Bonchev–Trinajstić information content (AvgIpc) is 2.85. The van der Waals surface area contributed by atoms with Crippen LogP contribution in [-0.4, -0.2) is 70.9 Å². The number of ether oxygens (including phenoxy) is 3. The maximum atomic E-state index is 12.9. The summed E-state index contributed by atoms with van der Waals surface area (Å²) in [5.74, 6) is -2.47. The summed E-state index contributed by atoms with van der Waals surface area (Å²) in [6, 6.07) is 4.60. The van der Waals surface area contributed by atoms with Crippen LogP contribution in [0.4, 0.5) is 0 Å². The minimum atomic E-state index is -1.68. The Kier molecular flexibility index (Phi) is 14.0. The van der Waals surface area contributed by atoms with Crippen LogP contribution in [-0.2, 0) is 25.7 Å². The highest BCUT2D eigenvalue weighted by molar-refractivity contribution is 5.97. The first-order valence-electron chi connectivity index (χ1n) is 12.3. The van der Waals surface area contributed by atoms with Gasteiger partial charge in [0.05, 0.1) is 17.6 Å². The molecule has 11 heteroatoms. The van der Waals surface area contributed by atoms with Gasteiger partial charge in [0.2, 0.25) is 6.29 Å². The lowest BCUT2D eigenvalue weighted by molar-refractivity contribution is -0.228. The summed E-state index contributed by atoms with van der Waals surface area (Å²) in [5.41, 5.74) is 6.17. The Hall–Kier alpha value is -2.73. The topological polar surface area (TPSA) is 178 Å². The molecule has 0 bridgehead atoms. The Morgan fingerprint density at radius 2 is 1.86 bits per heavy atom. The second-order valence-corrected chi connectivity index (χ2v) is 8.43. The molecule has 0 saturated carbocycles. The Morgan fingerprint density at radius 3 is 2.47 bits per heavy atom. The number of amides is 1. The first-order chi connectivity index (χ1) is 17.1. The van der Waals surface area contributed by atoms with E-state index in [0.717, 1.165) is 19.3 Å². The molecule has 1 heterocycles. The van der Waals surface area contributed by atoms with Gasteiger partial charge in [0.25, 0.3) is 5.91 Å². The number of carbonyl (C=O) groups excluding carboxylic acids is 2. The number of carbonyl (C=O) groups is 3. The number of rotatable bonds is 12. The summed E-state index contributed by atoms with van der Waals surface area (Å²) in [4.78, 5) is 36.0. The first kappa shape index (κ1) is 31.3. The van der Waals surface area contributed by atoms with E-state index in [1.165, 1.54) is 12.1 Å². The third-order valence-electron chi connectivity index (χ3n) is 5.25. The van der Waals surface area contributed by atoms with Crippen LogP contribution in [0.25, 0.3) is 0 Å². The van der Waals surface area contributed by atoms with Gasteiger partial charge in [0, 0.05) is 13.0 Å². The van der Waals surface area contributed by atoms with Crippen molar-refractivity contribution in [1.82, 2.24) is 5.32 Å². The molecule has 1 aromatic carbocycles. The van der Waals surface area contributed by atoms with Gasteiger partial charge in [-0.2, -0.15) is 0 Å². The third kappa shape index (κ3) is 9.73. The van der Waals surface area contributed by atoms with Gasteiger partial charge >= 0.3 is 11.9 Å². The molecule has 2 rings (SSSR count). The van der Waals surface area contributed by atoms with Crippen LogP contribution in [0.3, 0.4) is 0 Å². The SMILES string of the molecule is CC.CC(C)C(=O)OCc1ccc(O[C@@H]2CC(O)[C@H](O)C(C(=O)O)O2)c(C(=O)NCCCCCN)c1. The highest BCUT2D eigenvalue weighted by atomic mass is 16.7. The van der Waals surface area contributed by atoms with Gasteiger partial charge in [-0.1, -0.05) is 40.2 Å². The fraction of sp³-hybridized carbons (Fsp3) is 0.640. The maximum Gasteiger partial charge on any atom is 0.335 e. The Labute approximate surface area is 211 Å².